The Morgan fingerprint density at radius 1 is 1.39 bits per heavy atom. The molecular weight excluding hydrogens is 337 g/mol. The zero-order valence-electron chi connectivity index (χ0n) is 12.7. The van der Waals surface area contributed by atoms with Crippen LogP contribution in [0.4, 0.5) is 0 Å². The van der Waals surface area contributed by atoms with E-state index in [0.717, 1.165) is 0 Å². The van der Waals surface area contributed by atoms with Crippen LogP contribution in [0.1, 0.15) is 12.5 Å². The summed E-state index contributed by atoms with van der Waals surface area (Å²) >= 11 is 12.0. The molecule has 0 bridgehead atoms. The molecule has 120 valence electrons. The Kier molecular flexibility index (Phi) is 5.29. The van der Waals surface area contributed by atoms with Gasteiger partial charge in [0.25, 0.3) is 5.91 Å². The van der Waals surface area contributed by atoms with Crippen molar-refractivity contribution in [3.63, 3.8) is 0 Å². The summed E-state index contributed by atoms with van der Waals surface area (Å²) < 4.78 is 4.80. The van der Waals surface area contributed by atoms with E-state index in [-0.39, 0.29) is 17.1 Å². The van der Waals surface area contributed by atoms with Crippen LogP contribution >= 0.6 is 23.2 Å². The van der Waals surface area contributed by atoms with E-state index in [1.54, 1.807) is 37.3 Å². The van der Waals surface area contributed by atoms with Crippen LogP contribution in [0.25, 0.3) is 6.08 Å². The van der Waals surface area contributed by atoms with Crippen LogP contribution in [0, 0.1) is 0 Å². The van der Waals surface area contributed by atoms with Crippen molar-refractivity contribution in [3.05, 3.63) is 63.3 Å². The highest BCUT2D eigenvalue weighted by atomic mass is 35.5. The number of amides is 1. The Balaban J connectivity index is 2.58. The van der Waals surface area contributed by atoms with E-state index in [2.05, 4.69) is 6.58 Å². The van der Waals surface area contributed by atoms with Crippen LogP contribution in [0.5, 0.6) is 0 Å². The number of hydrogen-bond donors (Lipinski definition) is 0. The molecule has 4 nitrogen and oxygen atoms in total. The average molecular weight is 352 g/mol. The number of ether oxygens (including phenoxy) is 1. The van der Waals surface area contributed by atoms with Gasteiger partial charge in [-0.05, 0) is 30.7 Å². The molecule has 0 spiro atoms. The fraction of sp³-hybridized carbons (Fsp3) is 0.176. The minimum absolute atomic E-state index is 0.227. The van der Waals surface area contributed by atoms with Crippen molar-refractivity contribution in [1.82, 2.24) is 4.90 Å². The average Bonchev–Trinajstić information content (AvgIpc) is 2.74. The summed E-state index contributed by atoms with van der Waals surface area (Å²) in [6.07, 6.45) is 3.16. The van der Waals surface area contributed by atoms with Crippen molar-refractivity contribution in [3.8, 4) is 0 Å². The predicted octanol–water partition coefficient (Wildman–Crippen LogP) is 3.85. The second-order valence-corrected chi connectivity index (χ2v) is 5.72. The van der Waals surface area contributed by atoms with E-state index >= 15 is 0 Å². The zero-order valence-corrected chi connectivity index (χ0v) is 14.2. The van der Waals surface area contributed by atoms with Crippen LogP contribution in [0.2, 0.25) is 10.0 Å². The van der Waals surface area contributed by atoms with E-state index in [4.69, 9.17) is 27.9 Å². The van der Waals surface area contributed by atoms with Gasteiger partial charge in [-0.15, -0.1) is 6.58 Å². The van der Waals surface area contributed by atoms with Crippen molar-refractivity contribution in [2.45, 2.75) is 6.92 Å². The van der Waals surface area contributed by atoms with Gasteiger partial charge in [0.1, 0.15) is 0 Å². The number of allylic oxidation sites excluding steroid dienone is 1. The number of halogens is 2. The molecule has 0 aromatic heterocycles. The van der Waals surface area contributed by atoms with Gasteiger partial charge in [0.05, 0.1) is 18.3 Å². The topological polar surface area (TPSA) is 46.6 Å². The fourth-order valence-electron chi connectivity index (χ4n) is 2.35. The lowest BCUT2D eigenvalue weighted by atomic mass is 10.0. The van der Waals surface area contributed by atoms with Gasteiger partial charge in [0, 0.05) is 22.3 Å². The van der Waals surface area contributed by atoms with Crippen LogP contribution in [-0.2, 0) is 14.3 Å². The molecule has 1 heterocycles. The monoisotopic (exact) mass is 351 g/mol. The van der Waals surface area contributed by atoms with E-state index in [1.165, 1.54) is 12.0 Å². The van der Waals surface area contributed by atoms with Gasteiger partial charge >= 0.3 is 5.97 Å². The van der Waals surface area contributed by atoms with E-state index in [1.807, 2.05) is 0 Å². The van der Waals surface area contributed by atoms with Crippen molar-refractivity contribution in [2.75, 3.05) is 13.7 Å². The third kappa shape index (κ3) is 3.33. The number of hydrogen-bond acceptors (Lipinski definition) is 3. The fourth-order valence-corrected chi connectivity index (χ4v) is 2.81. The highest BCUT2D eigenvalue weighted by molar-refractivity contribution is 6.35. The first kappa shape index (κ1) is 17.3. The number of carbonyl (C=O) groups is 2. The number of nitrogens with zero attached hydrogens (tertiary/aromatic N) is 1. The zero-order chi connectivity index (χ0) is 17.1. The Hall–Kier alpha value is -2.04. The number of rotatable bonds is 4. The Bertz CT molecular complexity index is 750. The molecule has 0 fully saturated rings. The van der Waals surface area contributed by atoms with Crippen LogP contribution in [0.15, 0.2) is 47.7 Å². The molecule has 0 saturated heterocycles. The lowest BCUT2D eigenvalue weighted by Gasteiger charge is -2.14. The van der Waals surface area contributed by atoms with Crippen molar-refractivity contribution in [1.29, 1.82) is 0 Å². The van der Waals surface area contributed by atoms with Crippen LogP contribution in [-0.4, -0.2) is 30.4 Å². The van der Waals surface area contributed by atoms with Gasteiger partial charge in [-0.3, -0.25) is 4.79 Å². The lowest BCUT2D eigenvalue weighted by Crippen LogP contribution is -2.25. The number of carbonyl (C=O) groups excluding carboxylic acids is 2. The highest BCUT2D eigenvalue weighted by Crippen LogP contribution is 2.33. The summed E-state index contributed by atoms with van der Waals surface area (Å²) in [6.45, 7) is 5.62. The minimum Gasteiger partial charge on any atom is -0.465 e. The summed E-state index contributed by atoms with van der Waals surface area (Å²) in [7, 11) is 1.27. The number of benzene rings is 1. The first-order chi connectivity index (χ1) is 10.9. The number of methoxy groups -OCH3 is 1. The summed E-state index contributed by atoms with van der Waals surface area (Å²) in [6, 6.07) is 4.92. The third-order valence-electron chi connectivity index (χ3n) is 3.48. The minimum atomic E-state index is -0.571. The maximum Gasteiger partial charge on any atom is 0.340 e. The standard InChI is InChI=1S/C17H15Cl2NO3/c1-4-7-20-10(2)15(17(22)23-3)13(16(20)21)8-11-5-6-12(18)9-14(11)19/h4-6,8-9H,1,7H2,2-3H3/b13-8+. The third-order valence-corrected chi connectivity index (χ3v) is 4.04. The maximum absolute atomic E-state index is 12.6. The van der Waals surface area contributed by atoms with Gasteiger partial charge in [0.2, 0.25) is 0 Å². The molecule has 23 heavy (non-hydrogen) atoms. The molecule has 0 atom stereocenters. The first-order valence-corrected chi connectivity index (χ1v) is 7.55. The van der Waals surface area contributed by atoms with Crippen LogP contribution < -0.4 is 0 Å². The van der Waals surface area contributed by atoms with Gasteiger partial charge < -0.3 is 9.64 Å². The lowest BCUT2D eigenvalue weighted by molar-refractivity contribution is -0.136. The largest absolute Gasteiger partial charge is 0.465 e. The quantitative estimate of drug-likeness (QED) is 0.470. The molecule has 1 amide bonds. The van der Waals surface area contributed by atoms with E-state index in [0.29, 0.717) is 27.9 Å². The Labute approximate surface area is 144 Å². The summed E-state index contributed by atoms with van der Waals surface area (Å²) in [5.41, 5.74) is 1.58. The molecule has 1 aromatic carbocycles. The van der Waals surface area contributed by atoms with Gasteiger partial charge in [0.15, 0.2) is 0 Å². The van der Waals surface area contributed by atoms with Crippen molar-refractivity contribution >= 4 is 41.2 Å². The van der Waals surface area contributed by atoms with Gasteiger partial charge in [-0.1, -0.05) is 35.3 Å². The molecule has 1 aromatic rings. The van der Waals surface area contributed by atoms with Crippen molar-refractivity contribution in [2.24, 2.45) is 0 Å². The molecule has 1 aliphatic heterocycles. The Morgan fingerprint density at radius 2 is 2.09 bits per heavy atom. The molecule has 0 unspecified atom stereocenters. The second-order valence-electron chi connectivity index (χ2n) is 4.88. The summed E-state index contributed by atoms with van der Waals surface area (Å²) in [5.74, 6) is -0.868. The highest BCUT2D eigenvalue weighted by Gasteiger charge is 2.36. The van der Waals surface area contributed by atoms with Gasteiger partial charge in [-0.25, -0.2) is 4.79 Å². The smallest absolute Gasteiger partial charge is 0.340 e. The molecule has 6 heteroatoms. The SMILES string of the molecule is C=CCN1C(=O)/C(=C/c2ccc(Cl)cc2Cl)C(C(=O)OC)=C1C. The molecule has 0 N–H and O–H groups in total. The number of esters is 1. The van der Waals surface area contributed by atoms with E-state index < -0.39 is 5.97 Å². The molecule has 0 radical (unpaired) electrons. The van der Waals surface area contributed by atoms with E-state index in [9.17, 15) is 9.59 Å². The molecule has 2 rings (SSSR count). The molecule has 0 saturated carbocycles. The van der Waals surface area contributed by atoms with Crippen molar-refractivity contribution < 1.29 is 14.3 Å². The maximum atomic E-state index is 12.6. The predicted molar refractivity (Wildman–Crippen MR) is 91.1 cm³/mol. The van der Waals surface area contributed by atoms with Gasteiger partial charge in [-0.2, -0.15) is 0 Å². The molecule has 0 aliphatic carbocycles. The molecule has 1 aliphatic rings. The normalized spacial score (nSPS) is 16.3. The summed E-state index contributed by atoms with van der Waals surface area (Å²) in [5, 5.41) is 0.880. The first-order valence-electron chi connectivity index (χ1n) is 6.79. The second kappa shape index (κ2) is 7.02. The summed E-state index contributed by atoms with van der Waals surface area (Å²) in [4.78, 5) is 26.2. The van der Waals surface area contributed by atoms with Crippen LogP contribution in [0.3, 0.4) is 0 Å². The Morgan fingerprint density at radius 3 is 2.65 bits per heavy atom. The molecular formula is C17H15Cl2NO3.